The second-order valence-electron chi connectivity index (χ2n) is 6.00. The molecule has 1 aliphatic heterocycles. The van der Waals surface area contributed by atoms with E-state index >= 15 is 0 Å². The van der Waals surface area contributed by atoms with Gasteiger partial charge in [0.15, 0.2) is 5.82 Å². The first-order chi connectivity index (χ1) is 10.0. The molecule has 0 aromatic carbocycles. The van der Waals surface area contributed by atoms with Gasteiger partial charge in [0.05, 0.1) is 6.61 Å². The molecule has 0 radical (unpaired) electrons. The van der Waals surface area contributed by atoms with Crippen LogP contribution in [0, 0.1) is 13.8 Å². The van der Waals surface area contributed by atoms with E-state index in [2.05, 4.69) is 45.0 Å². The molecule has 5 nitrogen and oxygen atoms in total. The largest absolute Gasteiger partial charge is 0.368 e. The highest BCUT2D eigenvalue weighted by molar-refractivity contribution is 5.28. The van der Waals surface area contributed by atoms with Crippen LogP contribution in [0.4, 0.5) is 0 Å². The van der Waals surface area contributed by atoms with Crippen molar-refractivity contribution in [2.45, 2.75) is 39.7 Å². The number of morpholine rings is 1. The Morgan fingerprint density at radius 3 is 2.57 bits per heavy atom. The smallest absolute Gasteiger partial charge is 0.158 e. The number of rotatable bonds is 5. The second-order valence-corrected chi connectivity index (χ2v) is 6.00. The first-order valence-electron chi connectivity index (χ1n) is 7.88. The van der Waals surface area contributed by atoms with Crippen LogP contribution in [-0.4, -0.2) is 54.7 Å². The van der Waals surface area contributed by atoms with Crippen molar-refractivity contribution in [2.75, 3.05) is 39.8 Å². The average molecular weight is 292 g/mol. The van der Waals surface area contributed by atoms with E-state index in [0.717, 1.165) is 50.0 Å². The van der Waals surface area contributed by atoms with Crippen molar-refractivity contribution >= 4 is 0 Å². The van der Waals surface area contributed by atoms with Crippen LogP contribution in [0.25, 0.3) is 0 Å². The lowest BCUT2D eigenvalue weighted by molar-refractivity contribution is -0.0256. The Kier molecular flexibility index (Phi) is 5.67. The molecule has 1 aromatic rings. The molecule has 0 aliphatic carbocycles. The maximum absolute atomic E-state index is 5.83. The molecule has 0 amide bonds. The molecule has 2 heterocycles. The minimum atomic E-state index is -0.000673. The number of aromatic nitrogens is 2. The lowest BCUT2D eigenvalue weighted by atomic mass is 9.97. The zero-order valence-corrected chi connectivity index (χ0v) is 13.9. The van der Waals surface area contributed by atoms with E-state index in [1.165, 1.54) is 5.56 Å². The molecule has 5 heteroatoms. The van der Waals surface area contributed by atoms with Crippen LogP contribution in [0.5, 0.6) is 0 Å². The van der Waals surface area contributed by atoms with E-state index in [9.17, 15) is 0 Å². The van der Waals surface area contributed by atoms with Crippen molar-refractivity contribution in [3.63, 3.8) is 0 Å². The number of nitrogens with one attached hydrogen (secondary N) is 1. The van der Waals surface area contributed by atoms with Gasteiger partial charge in [-0.15, -0.1) is 0 Å². The third-order valence-corrected chi connectivity index (χ3v) is 4.09. The van der Waals surface area contributed by atoms with Crippen molar-refractivity contribution in [2.24, 2.45) is 0 Å². The van der Waals surface area contributed by atoms with Gasteiger partial charge in [-0.05, 0) is 38.9 Å². The van der Waals surface area contributed by atoms with Gasteiger partial charge in [-0.1, -0.05) is 13.8 Å². The molecule has 118 valence electrons. The van der Waals surface area contributed by atoms with E-state index in [-0.39, 0.29) is 6.10 Å². The predicted molar refractivity (Wildman–Crippen MR) is 84.7 cm³/mol. The van der Waals surface area contributed by atoms with Crippen LogP contribution in [0.15, 0.2) is 0 Å². The third kappa shape index (κ3) is 3.99. The minimum absolute atomic E-state index is 0.000673. The molecule has 1 N–H and O–H groups in total. The summed E-state index contributed by atoms with van der Waals surface area (Å²) in [5.74, 6) is 1.25. The standard InChI is InChI=1S/C16H28N4O/c1-6-17-9-11(2)15-12(3)18-16(19-13(15)4)14-10-20(5)7-8-21-14/h11,14,17H,6-10H2,1-5H3. The Balaban J connectivity index is 2.20. The van der Waals surface area contributed by atoms with Crippen LogP contribution < -0.4 is 5.32 Å². The zero-order chi connectivity index (χ0) is 15.4. The SMILES string of the molecule is CCNCC(C)c1c(C)nc(C2CN(C)CCO2)nc1C. The van der Waals surface area contributed by atoms with Crippen molar-refractivity contribution < 1.29 is 4.74 Å². The van der Waals surface area contributed by atoms with E-state index in [4.69, 9.17) is 14.7 Å². The quantitative estimate of drug-likeness (QED) is 0.897. The minimum Gasteiger partial charge on any atom is -0.368 e. The number of aryl methyl sites for hydroxylation is 2. The lowest BCUT2D eigenvalue weighted by Gasteiger charge is -2.29. The molecular weight excluding hydrogens is 264 g/mol. The van der Waals surface area contributed by atoms with Crippen LogP contribution >= 0.6 is 0 Å². The van der Waals surface area contributed by atoms with Gasteiger partial charge in [0, 0.05) is 31.0 Å². The molecule has 0 spiro atoms. The third-order valence-electron chi connectivity index (χ3n) is 4.09. The summed E-state index contributed by atoms with van der Waals surface area (Å²) < 4.78 is 5.83. The Morgan fingerprint density at radius 2 is 2.00 bits per heavy atom. The first kappa shape index (κ1) is 16.3. The summed E-state index contributed by atoms with van der Waals surface area (Å²) in [6, 6.07) is 0. The summed E-state index contributed by atoms with van der Waals surface area (Å²) in [4.78, 5) is 11.7. The molecule has 2 rings (SSSR count). The molecule has 1 fully saturated rings. The maximum atomic E-state index is 5.83. The maximum Gasteiger partial charge on any atom is 0.158 e. The van der Waals surface area contributed by atoms with Gasteiger partial charge in [0.1, 0.15) is 6.10 Å². The Labute approximate surface area is 128 Å². The highest BCUT2D eigenvalue weighted by Gasteiger charge is 2.24. The van der Waals surface area contributed by atoms with E-state index < -0.39 is 0 Å². The normalized spacial score (nSPS) is 21.5. The molecule has 2 atom stereocenters. The molecule has 1 saturated heterocycles. The van der Waals surface area contributed by atoms with Crippen molar-refractivity contribution in [1.82, 2.24) is 20.2 Å². The van der Waals surface area contributed by atoms with Gasteiger partial charge >= 0.3 is 0 Å². The highest BCUT2D eigenvalue weighted by atomic mass is 16.5. The number of nitrogens with zero attached hydrogens (tertiary/aromatic N) is 3. The average Bonchev–Trinajstić information content (AvgIpc) is 2.44. The number of hydrogen-bond acceptors (Lipinski definition) is 5. The predicted octanol–water partition coefficient (Wildman–Crippen LogP) is 1.81. The summed E-state index contributed by atoms with van der Waals surface area (Å²) in [6.07, 6.45) is -0.000673. The van der Waals surface area contributed by atoms with Crippen molar-refractivity contribution in [3.8, 4) is 0 Å². The Hall–Kier alpha value is -1.04. The molecule has 21 heavy (non-hydrogen) atoms. The molecule has 0 saturated carbocycles. The molecule has 1 aromatic heterocycles. The van der Waals surface area contributed by atoms with Crippen LogP contribution in [0.3, 0.4) is 0 Å². The van der Waals surface area contributed by atoms with Gasteiger partial charge in [0.25, 0.3) is 0 Å². The van der Waals surface area contributed by atoms with Gasteiger partial charge < -0.3 is 15.0 Å². The van der Waals surface area contributed by atoms with Crippen molar-refractivity contribution in [1.29, 1.82) is 0 Å². The fourth-order valence-corrected chi connectivity index (χ4v) is 3.01. The monoisotopic (exact) mass is 292 g/mol. The summed E-state index contributed by atoms with van der Waals surface area (Å²) >= 11 is 0. The van der Waals surface area contributed by atoms with E-state index in [0.29, 0.717) is 5.92 Å². The Bertz CT molecular complexity index is 454. The summed E-state index contributed by atoms with van der Waals surface area (Å²) in [6.45, 7) is 13.1. The number of likely N-dealkylation sites (N-methyl/N-ethyl adjacent to an activating group) is 2. The van der Waals surface area contributed by atoms with Crippen molar-refractivity contribution in [3.05, 3.63) is 22.8 Å². The number of ether oxygens (including phenoxy) is 1. The van der Waals surface area contributed by atoms with Crippen LogP contribution in [0.2, 0.25) is 0 Å². The van der Waals surface area contributed by atoms with E-state index in [1.807, 2.05) is 0 Å². The summed E-state index contributed by atoms with van der Waals surface area (Å²) in [5, 5.41) is 3.40. The fraction of sp³-hybridized carbons (Fsp3) is 0.750. The summed E-state index contributed by atoms with van der Waals surface area (Å²) in [7, 11) is 2.11. The Morgan fingerprint density at radius 1 is 1.33 bits per heavy atom. The first-order valence-corrected chi connectivity index (χ1v) is 7.88. The molecule has 1 aliphatic rings. The topological polar surface area (TPSA) is 50.3 Å². The highest BCUT2D eigenvalue weighted by Crippen LogP contribution is 2.25. The van der Waals surface area contributed by atoms with E-state index in [1.54, 1.807) is 0 Å². The van der Waals surface area contributed by atoms with Gasteiger partial charge in [0.2, 0.25) is 0 Å². The molecular formula is C16H28N4O. The number of hydrogen-bond donors (Lipinski definition) is 1. The summed E-state index contributed by atoms with van der Waals surface area (Å²) in [5.41, 5.74) is 3.43. The second kappa shape index (κ2) is 7.29. The molecule has 0 bridgehead atoms. The van der Waals surface area contributed by atoms with Crippen LogP contribution in [-0.2, 0) is 4.74 Å². The van der Waals surface area contributed by atoms with Crippen LogP contribution in [0.1, 0.15) is 48.6 Å². The lowest BCUT2D eigenvalue weighted by Crippen LogP contribution is -2.36. The molecule has 2 unspecified atom stereocenters. The fourth-order valence-electron chi connectivity index (χ4n) is 3.01. The zero-order valence-electron chi connectivity index (χ0n) is 13.9. The van der Waals surface area contributed by atoms with Gasteiger partial charge in [-0.25, -0.2) is 9.97 Å². The van der Waals surface area contributed by atoms with Gasteiger partial charge in [-0.3, -0.25) is 0 Å². The van der Waals surface area contributed by atoms with Gasteiger partial charge in [-0.2, -0.15) is 0 Å².